The van der Waals surface area contributed by atoms with Gasteiger partial charge in [0.05, 0.1) is 4.88 Å². The van der Waals surface area contributed by atoms with Gasteiger partial charge >= 0.3 is 6.18 Å². The standard InChI is InChI=1S/C13H14F3N3S/c1-7-5-11(13(14,15)16)19-12(17-7)6-9(18-19)10-4-3-8(2)20-10/h3-4,6-7,11,17H,5H2,1-2H3. The van der Waals surface area contributed by atoms with Crippen molar-refractivity contribution < 1.29 is 13.2 Å². The summed E-state index contributed by atoms with van der Waals surface area (Å²) in [7, 11) is 0. The highest BCUT2D eigenvalue weighted by Gasteiger charge is 2.45. The molecular weight excluding hydrogens is 287 g/mol. The molecule has 0 radical (unpaired) electrons. The highest BCUT2D eigenvalue weighted by Crippen LogP contribution is 2.41. The van der Waals surface area contributed by atoms with Crippen molar-refractivity contribution in [2.45, 2.75) is 38.5 Å². The number of aromatic nitrogens is 2. The summed E-state index contributed by atoms with van der Waals surface area (Å²) in [6.45, 7) is 3.72. The smallest absolute Gasteiger partial charge is 0.368 e. The van der Waals surface area contributed by atoms with Crippen LogP contribution in [0.5, 0.6) is 0 Å². The van der Waals surface area contributed by atoms with Crippen molar-refractivity contribution in [2.75, 3.05) is 5.32 Å². The summed E-state index contributed by atoms with van der Waals surface area (Å²) < 4.78 is 40.4. The Morgan fingerprint density at radius 3 is 2.75 bits per heavy atom. The second-order valence-electron chi connectivity index (χ2n) is 5.11. The number of rotatable bonds is 1. The Morgan fingerprint density at radius 1 is 1.40 bits per heavy atom. The Balaban J connectivity index is 2.04. The summed E-state index contributed by atoms with van der Waals surface area (Å²) in [5.74, 6) is 0.437. The summed E-state index contributed by atoms with van der Waals surface area (Å²) in [5.41, 5.74) is 0.592. The molecular formula is C13H14F3N3S. The minimum absolute atomic E-state index is 0.00108. The van der Waals surface area contributed by atoms with E-state index in [1.165, 1.54) is 11.3 Å². The van der Waals surface area contributed by atoms with Gasteiger partial charge in [-0.05, 0) is 32.4 Å². The first-order valence-corrected chi connectivity index (χ1v) is 7.16. The monoisotopic (exact) mass is 301 g/mol. The normalized spacial score (nSPS) is 22.4. The van der Waals surface area contributed by atoms with Crippen LogP contribution in [0.25, 0.3) is 10.6 Å². The molecule has 0 saturated heterocycles. The second-order valence-corrected chi connectivity index (χ2v) is 6.40. The molecule has 0 aromatic carbocycles. The first-order chi connectivity index (χ1) is 9.34. The summed E-state index contributed by atoms with van der Waals surface area (Å²) >= 11 is 1.53. The maximum Gasteiger partial charge on any atom is 0.410 e. The molecule has 0 saturated carbocycles. The molecule has 3 heterocycles. The largest absolute Gasteiger partial charge is 0.410 e. The van der Waals surface area contributed by atoms with E-state index in [1.807, 2.05) is 19.1 Å². The molecule has 2 aromatic rings. The van der Waals surface area contributed by atoms with Crippen molar-refractivity contribution in [1.82, 2.24) is 9.78 Å². The van der Waals surface area contributed by atoms with Gasteiger partial charge < -0.3 is 5.32 Å². The Morgan fingerprint density at radius 2 is 2.15 bits per heavy atom. The van der Waals surface area contributed by atoms with Crippen LogP contribution in [0.2, 0.25) is 0 Å². The van der Waals surface area contributed by atoms with Crippen molar-refractivity contribution in [3.63, 3.8) is 0 Å². The fraction of sp³-hybridized carbons (Fsp3) is 0.462. The number of anilines is 1. The van der Waals surface area contributed by atoms with E-state index in [0.29, 0.717) is 11.5 Å². The molecule has 1 aliphatic heterocycles. The minimum Gasteiger partial charge on any atom is -0.368 e. The molecule has 2 unspecified atom stereocenters. The highest BCUT2D eigenvalue weighted by atomic mass is 32.1. The Hall–Kier alpha value is -1.50. The van der Waals surface area contributed by atoms with Gasteiger partial charge in [-0.3, -0.25) is 0 Å². The minimum atomic E-state index is -4.28. The molecule has 0 fully saturated rings. The summed E-state index contributed by atoms with van der Waals surface area (Å²) in [5, 5.41) is 7.23. The topological polar surface area (TPSA) is 29.9 Å². The SMILES string of the molecule is Cc1ccc(-c2cc3n(n2)C(C(F)(F)F)CC(C)N3)s1. The maximum absolute atomic E-state index is 13.1. The van der Waals surface area contributed by atoms with Crippen LogP contribution < -0.4 is 5.32 Å². The van der Waals surface area contributed by atoms with Gasteiger partial charge in [0.2, 0.25) is 0 Å². The first kappa shape index (κ1) is 13.5. The van der Waals surface area contributed by atoms with Crippen LogP contribution in [0.1, 0.15) is 24.3 Å². The molecule has 108 valence electrons. The molecule has 1 aliphatic rings. The predicted octanol–water partition coefficient (Wildman–Crippen LogP) is 4.23. The van der Waals surface area contributed by atoms with E-state index < -0.39 is 12.2 Å². The maximum atomic E-state index is 13.1. The van der Waals surface area contributed by atoms with Gasteiger partial charge in [-0.2, -0.15) is 18.3 Å². The van der Waals surface area contributed by atoms with Gasteiger partial charge in [0.15, 0.2) is 6.04 Å². The zero-order chi connectivity index (χ0) is 14.5. The first-order valence-electron chi connectivity index (χ1n) is 6.34. The average molecular weight is 301 g/mol. The molecule has 0 amide bonds. The lowest BCUT2D eigenvalue weighted by Gasteiger charge is -2.31. The van der Waals surface area contributed by atoms with E-state index in [9.17, 15) is 13.2 Å². The van der Waals surface area contributed by atoms with E-state index >= 15 is 0 Å². The number of fused-ring (bicyclic) bond motifs is 1. The summed E-state index contributed by atoms with van der Waals surface area (Å²) in [6.07, 6.45) is -4.28. The molecule has 0 spiro atoms. The van der Waals surface area contributed by atoms with Gasteiger partial charge in [-0.1, -0.05) is 0 Å². The van der Waals surface area contributed by atoms with Crippen LogP contribution in [0, 0.1) is 6.92 Å². The summed E-state index contributed by atoms with van der Waals surface area (Å²) in [6, 6.07) is 3.75. The number of alkyl halides is 3. The van der Waals surface area contributed by atoms with Gasteiger partial charge in [0.1, 0.15) is 11.5 Å². The van der Waals surface area contributed by atoms with Gasteiger partial charge in [0, 0.05) is 17.0 Å². The molecule has 0 bridgehead atoms. The quantitative estimate of drug-likeness (QED) is 0.854. The van der Waals surface area contributed by atoms with Crippen LogP contribution in [-0.2, 0) is 0 Å². The lowest BCUT2D eigenvalue weighted by Crippen LogP contribution is -2.37. The number of hydrogen-bond acceptors (Lipinski definition) is 3. The van der Waals surface area contributed by atoms with E-state index in [2.05, 4.69) is 10.4 Å². The van der Waals surface area contributed by atoms with Crippen molar-refractivity contribution in [1.29, 1.82) is 0 Å². The third kappa shape index (κ3) is 2.30. The van der Waals surface area contributed by atoms with Crippen molar-refractivity contribution >= 4 is 17.2 Å². The molecule has 3 nitrogen and oxygen atoms in total. The van der Waals surface area contributed by atoms with Gasteiger partial charge in [0.25, 0.3) is 0 Å². The number of nitrogens with one attached hydrogen (secondary N) is 1. The van der Waals surface area contributed by atoms with Crippen molar-refractivity contribution in [3.8, 4) is 10.6 Å². The molecule has 2 aromatic heterocycles. The van der Waals surface area contributed by atoms with E-state index in [0.717, 1.165) is 14.4 Å². The van der Waals surface area contributed by atoms with Crippen LogP contribution >= 0.6 is 11.3 Å². The number of aryl methyl sites for hydroxylation is 1. The molecule has 20 heavy (non-hydrogen) atoms. The van der Waals surface area contributed by atoms with Crippen molar-refractivity contribution in [2.24, 2.45) is 0 Å². The van der Waals surface area contributed by atoms with E-state index in [1.54, 1.807) is 13.0 Å². The Bertz CT molecular complexity index is 629. The Labute approximate surface area is 118 Å². The molecule has 2 atom stereocenters. The Kier molecular flexibility index (Phi) is 3.04. The molecule has 1 N–H and O–H groups in total. The lowest BCUT2D eigenvalue weighted by molar-refractivity contribution is -0.173. The number of hydrogen-bond donors (Lipinski definition) is 1. The van der Waals surface area contributed by atoms with E-state index in [4.69, 9.17) is 0 Å². The third-order valence-electron chi connectivity index (χ3n) is 3.37. The number of halogens is 3. The van der Waals surface area contributed by atoms with Crippen LogP contribution in [0.15, 0.2) is 18.2 Å². The van der Waals surface area contributed by atoms with Crippen LogP contribution in [-0.4, -0.2) is 22.0 Å². The van der Waals surface area contributed by atoms with Crippen LogP contribution in [0.4, 0.5) is 19.0 Å². The zero-order valence-electron chi connectivity index (χ0n) is 11.0. The second kappa shape index (κ2) is 4.51. The highest BCUT2D eigenvalue weighted by molar-refractivity contribution is 7.15. The summed E-state index contributed by atoms with van der Waals surface area (Å²) in [4.78, 5) is 2.00. The van der Waals surface area contributed by atoms with E-state index in [-0.39, 0.29) is 12.5 Å². The fourth-order valence-electron chi connectivity index (χ4n) is 2.45. The molecule has 0 aliphatic carbocycles. The number of thiophene rings is 1. The van der Waals surface area contributed by atoms with Gasteiger partial charge in [-0.25, -0.2) is 4.68 Å². The predicted molar refractivity (Wildman–Crippen MR) is 73.1 cm³/mol. The fourth-order valence-corrected chi connectivity index (χ4v) is 3.27. The van der Waals surface area contributed by atoms with Crippen LogP contribution in [0.3, 0.4) is 0 Å². The zero-order valence-corrected chi connectivity index (χ0v) is 11.8. The average Bonchev–Trinajstić information content (AvgIpc) is 2.92. The van der Waals surface area contributed by atoms with Gasteiger partial charge in [-0.15, -0.1) is 11.3 Å². The third-order valence-corrected chi connectivity index (χ3v) is 4.40. The molecule has 3 rings (SSSR count). The van der Waals surface area contributed by atoms with Crippen molar-refractivity contribution in [3.05, 3.63) is 23.1 Å². The lowest BCUT2D eigenvalue weighted by atomic mass is 10.1. The number of nitrogens with zero attached hydrogens (tertiary/aromatic N) is 2. The molecule has 7 heteroatoms.